The maximum Gasteiger partial charge on any atom is 0.337 e. The van der Waals surface area contributed by atoms with Gasteiger partial charge in [0, 0.05) is 18.7 Å². The van der Waals surface area contributed by atoms with E-state index < -0.39 is 16.0 Å². The van der Waals surface area contributed by atoms with Gasteiger partial charge in [-0.05, 0) is 55.7 Å². The molecule has 2 rings (SSSR count). The first-order valence-corrected chi connectivity index (χ1v) is 11.0. The summed E-state index contributed by atoms with van der Waals surface area (Å²) in [6.07, 6.45) is 1.65. The van der Waals surface area contributed by atoms with Gasteiger partial charge in [-0.25, -0.2) is 13.2 Å². The normalized spacial score (nSPS) is 11.0. The summed E-state index contributed by atoms with van der Waals surface area (Å²) in [7, 11) is -2.19. The first-order valence-electron chi connectivity index (χ1n) is 9.15. The van der Waals surface area contributed by atoms with Crippen LogP contribution in [0.2, 0.25) is 0 Å². The quantitative estimate of drug-likeness (QED) is 0.664. The molecule has 156 valence electrons. The molecule has 0 saturated heterocycles. The lowest BCUT2D eigenvalue weighted by Gasteiger charge is -2.24. The highest BCUT2D eigenvalue weighted by molar-refractivity contribution is 7.92. The number of rotatable bonds is 8. The predicted octanol–water partition coefficient (Wildman–Crippen LogP) is 3.27. The van der Waals surface area contributed by atoms with Gasteiger partial charge < -0.3 is 10.1 Å². The van der Waals surface area contributed by atoms with Crippen molar-refractivity contribution in [2.75, 3.05) is 29.5 Å². The molecular formula is C21H26N2O5S. The summed E-state index contributed by atoms with van der Waals surface area (Å²) in [6.45, 7) is 3.95. The van der Waals surface area contributed by atoms with Gasteiger partial charge in [-0.3, -0.25) is 9.10 Å². The third-order valence-corrected chi connectivity index (χ3v) is 5.55. The number of nitrogens with one attached hydrogen (secondary N) is 1. The number of carbonyl (C=O) groups is 2. The number of ether oxygens (including phenoxy) is 1. The molecule has 0 aliphatic heterocycles. The molecule has 2 aromatic carbocycles. The molecule has 0 heterocycles. The average Bonchev–Trinajstić information content (AvgIpc) is 2.66. The van der Waals surface area contributed by atoms with Crippen LogP contribution < -0.4 is 9.62 Å². The Bertz CT molecular complexity index is 1000. The van der Waals surface area contributed by atoms with Crippen LogP contribution in [0.4, 0.5) is 11.4 Å². The summed E-state index contributed by atoms with van der Waals surface area (Å²) in [5, 5.41) is 2.72. The molecule has 0 bridgehead atoms. The molecule has 1 N–H and O–H groups in total. The first kappa shape index (κ1) is 22.4. The van der Waals surface area contributed by atoms with E-state index in [9.17, 15) is 18.0 Å². The van der Waals surface area contributed by atoms with Gasteiger partial charge >= 0.3 is 5.97 Å². The number of sulfonamides is 1. The number of aryl methyl sites for hydroxylation is 2. The van der Waals surface area contributed by atoms with E-state index in [0.29, 0.717) is 23.4 Å². The zero-order valence-corrected chi connectivity index (χ0v) is 17.9. The van der Waals surface area contributed by atoms with E-state index in [0.717, 1.165) is 17.4 Å². The monoisotopic (exact) mass is 418 g/mol. The summed E-state index contributed by atoms with van der Waals surface area (Å²) in [5.74, 6) is -0.750. The van der Waals surface area contributed by atoms with Crippen LogP contribution in [0.25, 0.3) is 0 Å². The smallest absolute Gasteiger partial charge is 0.337 e. The topological polar surface area (TPSA) is 92.8 Å². The van der Waals surface area contributed by atoms with E-state index in [1.807, 2.05) is 32.0 Å². The molecule has 1 amide bonds. The zero-order chi connectivity index (χ0) is 21.6. The van der Waals surface area contributed by atoms with Crippen molar-refractivity contribution in [3.05, 3.63) is 59.2 Å². The Morgan fingerprint density at radius 3 is 2.48 bits per heavy atom. The minimum absolute atomic E-state index is 0.138. The number of anilines is 2. The highest BCUT2D eigenvalue weighted by Gasteiger charge is 2.19. The Morgan fingerprint density at radius 2 is 1.83 bits per heavy atom. The Kier molecular flexibility index (Phi) is 7.39. The lowest BCUT2D eigenvalue weighted by molar-refractivity contribution is -0.116. The molecule has 8 heteroatoms. The number of esters is 1. The molecule has 29 heavy (non-hydrogen) atoms. The van der Waals surface area contributed by atoms with Gasteiger partial charge in [-0.15, -0.1) is 0 Å². The SMILES string of the molecule is COC(=O)c1cccc(NC(=O)CCCN(c2cc(C)ccc2C)S(C)(=O)=O)c1. The molecule has 0 spiro atoms. The summed E-state index contributed by atoms with van der Waals surface area (Å²) in [6, 6.07) is 12.1. The zero-order valence-electron chi connectivity index (χ0n) is 17.1. The van der Waals surface area contributed by atoms with Gasteiger partial charge in [0.2, 0.25) is 15.9 Å². The number of methoxy groups -OCH3 is 1. The first-order chi connectivity index (χ1) is 13.6. The fraction of sp³-hybridized carbons (Fsp3) is 0.333. The second kappa shape index (κ2) is 9.56. The second-order valence-corrected chi connectivity index (χ2v) is 8.76. The van der Waals surface area contributed by atoms with Gasteiger partial charge in [0.25, 0.3) is 0 Å². The molecule has 0 aliphatic carbocycles. The van der Waals surface area contributed by atoms with Crippen LogP contribution in [0.15, 0.2) is 42.5 Å². The van der Waals surface area contributed by atoms with Crippen molar-refractivity contribution in [1.29, 1.82) is 0 Å². The third kappa shape index (κ3) is 6.32. The van der Waals surface area contributed by atoms with Gasteiger partial charge in [0.15, 0.2) is 0 Å². The van der Waals surface area contributed by atoms with Gasteiger partial charge in [-0.2, -0.15) is 0 Å². The summed E-state index contributed by atoms with van der Waals surface area (Å²) in [5.41, 5.74) is 3.25. The highest BCUT2D eigenvalue weighted by Crippen LogP contribution is 2.24. The van der Waals surface area contributed by atoms with Crippen LogP contribution in [0.1, 0.15) is 34.3 Å². The van der Waals surface area contributed by atoms with Crippen molar-refractivity contribution >= 4 is 33.3 Å². The third-order valence-electron chi connectivity index (χ3n) is 4.37. The van der Waals surface area contributed by atoms with Crippen LogP contribution in [-0.2, 0) is 19.6 Å². The Balaban J connectivity index is 2.02. The molecule has 0 fully saturated rings. The van der Waals surface area contributed by atoms with Crippen molar-refractivity contribution < 1.29 is 22.7 Å². The Morgan fingerprint density at radius 1 is 1.10 bits per heavy atom. The Labute approximate surface area is 171 Å². The largest absolute Gasteiger partial charge is 0.465 e. The Hall–Kier alpha value is -2.87. The summed E-state index contributed by atoms with van der Waals surface area (Å²) < 4.78 is 30.5. The minimum Gasteiger partial charge on any atom is -0.465 e. The standard InChI is InChI=1S/C21H26N2O5S/c1-15-10-11-16(2)19(13-15)23(29(4,26)27)12-6-9-20(24)22-18-8-5-7-17(14-18)21(25)28-3/h5,7-8,10-11,13-14H,6,9,12H2,1-4H3,(H,22,24). The van der Waals surface area contributed by atoms with Crippen LogP contribution in [-0.4, -0.2) is 40.2 Å². The second-order valence-electron chi connectivity index (χ2n) is 6.85. The van der Waals surface area contributed by atoms with Crippen molar-refractivity contribution in [3.63, 3.8) is 0 Å². The van der Waals surface area contributed by atoms with Crippen molar-refractivity contribution in [3.8, 4) is 0 Å². The van der Waals surface area contributed by atoms with E-state index in [4.69, 9.17) is 0 Å². The van der Waals surface area contributed by atoms with Crippen LogP contribution in [0.3, 0.4) is 0 Å². The number of hydrogen-bond donors (Lipinski definition) is 1. The number of benzene rings is 2. The molecule has 0 unspecified atom stereocenters. The van der Waals surface area contributed by atoms with E-state index in [1.54, 1.807) is 18.2 Å². The highest BCUT2D eigenvalue weighted by atomic mass is 32.2. The van der Waals surface area contributed by atoms with E-state index >= 15 is 0 Å². The molecule has 0 aromatic heterocycles. The number of carbonyl (C=O) groups excluding carboxylic acids is 2. The number of nitrogens with zero attached hydrogens (tertiary/aromatic N) is 1. The average molecular weight is 419 g/mol. The van der Waals surface area contributed by atoms with Crippen molar-refractivity contribution in [2.24, 2.45) is 0 Å². The van der Waals surface area contributed by atoms with Crippen LogP contribution in [0, 0.1) is 13.8 Å². The fourth-order valence-electron chi connectivity index (χ4n) is 2.90. The van der Waals surface area contributed by atoms with Crippen molar-refractivity contribution in [1.82, 2.24) is 0 Å². The minimum atomic E-state index is -3.48. The fourth-order valence-corrected chi connectivity index (χ4v) is 3.92. The van der Waals surface area contributed by atoms with Gasteiger partial charge in [0.05, 0.1) is 24.6 Å². The molecule has 0 saturated carbocycles. The van der Waals surface area contributed by atoms with Gasteiger partial charge in [-0.1, -0.05) is 18.2 Å². The maximum absolute atomic E-state index is 12.3. The van der Waals surface area contributed by atoms with Crippen molar-refractivity contribution in [2.45, 2.75) is 26.7 Å². The lowest BCUT2D eigenvalue weighted by atomic mass is 10.1. The van der Waals surface area contributed by atoms with Gasteiger partial charge in [0.1, 0.15) is 0 Å². The number of hydrogen-bond acceptors (Lipinski definition) is 5. The van der Waals surface area contributed by atoms with E-state index in [-0.39, 0.29) is 18.9 Å². The maximum atomic E-state index is 12.3. The molecular weight excluding hydrogens is 392 g/mol. The molecule has 0 atom stereocenters. The molecule has 7 nitrogen and oxygen atoms in total. The van der Waals surface area contributed by atoms with E-state index in [2.05, 4.69) is 10.1 Å². The molecule has 2 aromatic rings. The molecule has 0 radical (unpaired) electrons. The lowest BCUT2D eigenvalue weighted by Crippen LogP contribution is -2.32. The summed E-state index contributed by atoms with van der Waals surface area (Å²) in [4.78, 5) is 23.8. The number of amides is 1. The summed E-state index contributed by atoms with van der Waals surface area (Å²) >= 11 is 0. The molecule has 0 aliphatic rings. The van der Waals surface area contributed by atoms with E-state index in [1.165, 1.54) is 17.5 Å². The van der Waals surface area contributed by atoms with Crippen LogP contribution >= 0.6 is 0 Å². The predicted molar refractivity (Wildman–Crippen MR) is 114 cm³/mol. The van der Waals surface area contributed by atoms with Crippen LogP contribution in [0.5, 0.6) is 0 Å².